The van der Waals surface area contributed by atoms with Gasteiger partial charge in [0, 0.05) is 25.9 Å². The van der Waals surface area contributed by atoms with Crippen molar-refractivity contribution in [1.29, 1.82) is 0 Å². The normalized spacial score (nSPS) is 14.1. The molecule has 1 heterocycles. The maximum atomic E-state index is 12.0. The molecule has 1 unspecified atom stereocenters. The number of rotatable bonds is 5. The first-order chi connectivity index (χ1) is 7.42. The fourth-order valence-corrected chi connectivity index (χ4v) is 1.41. The van der Waals surface area contributed by atoms with Gasteiger partial charge in [-0.2, -0.15) is 18.3 Å². The van der Waals surface area contributed by atoms with Crippen molar-refractivity contribution in [2.24, 2.45) is 7.05 Å². The molecule has 1 aromatic rings. The van der Waals surface area contributed by atoms with Gasteiger partial charge in [-0.15, -0.1) is 0 Å². The topological polar surface area (TPSA) is 42.7 Å². The second-order valence-corrected chi connectivity index (χ2v) is 3.64. The predicted octanol–water partition coefficient (Wildman–Crippen LogP) is 1.29. The van der Waals surface area contributed by atoms with Crippen LogP contribution in [0.3, 0.4) is 0 Å². The van der Waals surface area contributed by atoms with Gasteiger partial charge in [0.15, 0.2) is 0 Å². The van der Waals surface area contributed by atoms with E-state index in [1.807, 2.05) is 0 Å². The zero-order chi connectivity index (χ0) is 12.2. The summed E-state index contributed by atoms with van der Waals surface area (Å²) in [6.07, 6.45) is -2.99. The molecule has 0 radical (unpaired) electrons. The van der Waals surface area contributed by atoms with Crippen LogP contribution in [0.1, 0.15) is 18.7 Å². The molecule has 1 atom stereocenters. The minimum atomic E-state index is -4.10. The highest BCUT2D eigenvalue weighted by molar-refractivity contribution is 4.88. The zero-order valence-electron chi connectivity index (χ0n) is 9.25. The van der Waals surface area contributed by atoms with Crippen LogP contribution < -0.4 is 5.32 Å². The summed E-state index contributed by atoms with van der Waals surface area (Å²) in [4.78, 5) is 3.98. The number of aromatic nitrogens is 3. The Morgan fingerprint density at radius 1 is 1.50 bits per heavy atom. The SMILES string of the molecule is CNC(CCC(F)(F)F)Cc1ncnn1C. The fourth-order valence-electron chi connectivity index (χ4n) is 1.41. The molecule has 0 aromatic carbocycles. The second kappa shape index (κ2) is 5.29. The van der Waals surface area contributed by atoms with Gasteiger partial charge in [-0.3, -0.25) is 4.68 Å². The van der Waals surface area contributed by atoms with E-state index in [-0.39, 0.29) is 12.5 Å². The van der Waals surface area contributed by atoms with Crippen LogP contribution in [0.15, 0.2) is 6.33 Å². The molecule has 1 rings (SSSR count). The van der Waals surface area contributed by atoms with E-state index in [9.17, 15) is 13.2 Å². The summed E-state index contributed by atoms with van der Waals surface area (Å²) in [6.45, 7) is 0. The number of hydrogen-bond acceptors (Lipinski definition) is 3. The molecule has 0 spiro atoms. The van der Waals surface area contributed by atoms with Crippen LogP contribution in [-0.2, 0) is 13.5 Å². The predicted molar refractivity (Wildman–Crippen MR) is 52.8 cm³/mol. The first-order valence-electron chi connectivity index (χ1n) is 4.99. The molecule has 0 amide bonds. The Bertz CT molecular complexity index is 321. The van der Waals surface area contributed by atoms with Crippen LogP contribution in [0.2, 0.25) is 0 Å². The standard InChI is InChI=1S/C9H15F3N4/c1-13-7(3-4-9(10,11)12)5-8-14-6-15-16(8)2/h6-7,13H,3-5H2,1-2H3. The number of halogens is 3. The second-order valence-electron chi connectivity index (χ2n) is 3.64. The monoisotopic (exact) mass is 236 g/mol. The molecule has 92 valence electrons. The molecular weight excluding hydrogens is 221 g/mol. The van der Waals surface area contributed by atoms with Crippen LogP contribution in [0.4, 0.5) is 13.2 Å². The Kier molecular flexibility index (Phi) is 4.28. The number of hydrogen-bond donors (Lipinski definition) is 1. The maximum absolute atomic E-state index is 12.0. The summed E-state index contributed by atoms with van der Waals surface area (Å²) < 4.78 is 37.7. The molecule has 4 nitrogen and oxygen atoms in total. The van der Waals surface area contributed by atoms with Crippen molar-refractivity contribution >= 4 is 0 Å². The first kappa shape index (κ1) is 13.0. The lowest BCUT2D eigenvalue weighted by Crippen LogP contribution is -2.30. The molecule has 16 heavy (non-hydrogen) atoms. The van der Waals surface area contributed by atoms with Crippen LogP contribution in [0.5, 0.6) is 0 Å². The number of nitrogens with zero attached hydrogens (tertiary/aromatic N) is 3. The molecule has 0 aliphatic heterocycles. The molecule has 1 aromatic heterocycles. The maximum Gasteiger partial charge on any atom is 0.389 e. The smallest absolute Gasteiger partial charge is 0.317 e. The quantitative estimate of drug-likeness (QED) is 0.837. The van der Waals surface area contributed by atoms with Crippen LogP contribution in [-0.4, -0.2) is 34.0 Å². The van der Waals surface area contributed by atoms with Crippen molar-refractivity contribution < 1.29 is 13.2 Å². The van der Waals surface area contributed by atoms with Crippen molar-refractivity contribution in [2.45, 2.75) is 31.5 Å². The number of nitrogens with one attached hydrogen (secondary N) is 1. The molecule has 0 saturated carbocycles. The minimum absolute atomic E-state index is 0.0485. The lowest BCUT2D eigenvalue weighted by Gasteiger charge is -2.16. The molecule has 0 aliphatic rings. The Labute approximate surface area is 91.9 Å². The molecule has 0 fully saturated rings. The van der Waals surface area contributed by atoms with Crippen molar-refractivity contribution in [3.63, 3.8) is 0 Å². The highest BCUT2D eigenvalue weighted by Crippen LogP contribution is 2.22. The van der Waals surface area contributed by atoms with E-state index >= 15 is 0 Å². The van der Waals surface area contributed by atoms with Gasteiger partial charge in [0.2, 0.25) is 0 Å². The fraction of sp³-hybridized carbons (Fsp3) is 0.778. The molecule has 0 saturated heterocycles. The third-order valence-electron chi connectivity index (χ3n) is 2.42. The van der Waals surface area contributed by atoms with E-state index in [1.165, 1.54) is 6.33 Å². The van der Waals surface area contributed by atoms with Gasteiger partial charge in [-0.25, -0.2) is 4.98 Å². The van der Waals surface area contributed by atoms with Gasteiger partial charge < -0.3 is 5.32 Å². The van der Waals surface area contributed by atoms with Crippen LogP contribution in [0, 0.1) is 0 Å². The van der Waals surface area contributed by atoms with Gasteiger partial charge in [-0.05, 0) is 13.5 Å². The van der Waals surface area contributed by atoms with E-state index in [1.54, 1.807) is 18.8 Å². The summed E-state index contributed by atoms with van der Waals surface area (Å²) in [6, 6.07) is -0.232. The molecule has 0 aliphatic carbocycles. The summed E-state index contributed by atoms with van der Waals surface area (Å²) >= 11 is 0. The highest BCUT2D eigenvalue weighted by atomic mass is 19.4. The summed E-state index contributed by atoms with van der Waals surface area (Å²) in [5.41, 5.74) is 0. The van der Waals surface area contributed by atoms with Gasteiger partial charge in [-0.1, -0.05) is 0 Å². The Hall–Kier alpha value is -1.11. The van der Waals surface area contributed by atoms with Gasteiger partial charge in [0.25, 0.3) is 0 Å². The number of alkyl halides is 3. The summed E-state index contributed by atoms with van der Waals surface area (Å²) in [7, 11) is 3.37. The minimum Gasteiger partial charge on any atom is -0.317 e. The zero-order valence-corrected chi connectivity index (χ0v) is 9.25. The van der Waals surface area contributed by atoms with Crippen molar-refractivity contribution in [2.75, 3.05) is 7.05 Å². The number of aryl methyl sites for hydroxylation is 1. The van der Waals surface area contributed by atoms with Crippen molar-refractivity contribution in [1.82, 2.24) is 20.1 Å². The average molecular weight is 236 g/mol. The average Bonchev–Trinajstić information content (AvgIpc) is 2.57. The van der Waals surface area contributed by atoms with Gasteiger partial charge in [0.05, 0.1) is 0 Å². The van der Waals surface area contributed by atoms with E-state index in [4.69, 9.17) is 0 Å². The molecule has 7 heteroatoms. The van der Waals surface area contributed by atoms with Crippen LogP contribution >= 0.6 is 0 Å². The lowest BCUT2D eigenvalue weighted by molar-refractivity contribution is -0.136. The summed E-state index contributed by atoms with van der Waals surface area (Å²) in [5.74, 6) is 0.682. The van der Waals surface area contributed by atoms with E-state index in [0.717, 1.165) is 0 Å². The largest absolute Gasteiger partial charge is 0.389 e. The highest BCUT2D eigenvalue weighted by Gasteiger charge is 2.28. The summed E-state index contributed by atoms with van der Waals surface area (Å²) in [5, 5.41) is 6.73. The van der Waals surface area contributed by atoms with Crippen LogP contribution in [0.25, 0.3) is 0 Å². The van der Waals surface area contributed by atoms with Gasteiger partial charge in [0.1, 0.15) is 12.2 Å². The Balaban J connectivity index is 2.47. The Morgan fingerprint density at radius 2 is 2.19 bits per heavy atom. The number of likely N-dealkylation sites (N-methyl/N-ethyl adjacent to an activating group) is 1. The third kappa shape index (κ3) is 4.18. The van der Waals surface area contributed by atoms with Gasteiger partial charge >= 0.3 is 6.18 Å². The first-order valence-corrected chi connectivity index (χ1v) is 4.99. The van der Waals surface area contributed by atoms with Crippen molar-refractivity contribution in [3.05, 3.63) is 12.2 Å². The van der Waals surface area contributed by atoms with E-state index in [0.29, 0.717) is 12.2 Å². The Morgan fingerprint density at radius 3 is 2.62 bits per heavy atom. The van der Waals surface area contributed by atoms with E-state index < -0.39 is 12.6 Å². The molecule has 0 bridgehead atoms. The third-order valence-corrected chi connectivity index (χ3v) is 2.42. The van der Waals surface area contributed by atoms with E-state index in [2.05, 4.69) is 15.4 Å². The lowest BCUT2D eigenvalue weighted by atomic mass is 10.1. The van der Waals surface area contributed by atoms with Crippen molar-refractivity contribution in [3.8, 4) is 0 Å². The molecular formula is C9H15F3N4. The molecule has 1 N–H and O–H groups in total.